The number of hydrogen-bond acceptors (Lipinski definition) is 3. The predicted molar refractivity (Wildman–Crippen MR) is 79.2 cm³/mol. The van der Waals surface area contributed by atoms with Crippen LogP contribution >= 0.6 is 0 Å². The number of aliphatic hydroxyl groups is 1. The van der Waals surface area contributed by atoms with Crippen LogP contribution in [0.2, 0.25) is 0 Å². The van der Waals surface area contributed by atoms with Crippen LogP contribution in [0.15, 0.2) is 36.5 Å². The van der Waals surface area contributed by atoms with Crippen molar-refractivity contribution < 1.29 is 14.7 Å². The molecule has 1 aromatic heterocycles. The van der Waals surface area contributed by atoms with Crippen LogP contribution in [0.25, 0.3) is 0 Å². The largest absolute Gasteiger partial charge is 0.392 e. The molecule has 110 valence electrons. The van der Waals surface area contributed by atoms with E-state index in [9.17, 15) is 9.59 Å². The van der Waals surface area contributed by atoms with Crippen molar-refractivity contribution in [1.29, 1.82) is 0 Å². The predicted octanol–water partition coefficient (Wildman–Crippen LogP) is 1.68. The molecule has 0 aliphatic heterocycles. The number of rotatable bonds is 6. The second-order valence-corrected chi connectivity index (χ2v) is 4.84. The van der Waals surface area contributed by atoms with Gasteiger partial charge in [0.25, 0.3) is 5.91 Å². The number of carbonyl (C=O) groups excluding carboxylic acids is 2. The van der Waals surface area contributed by atoms with Crippen LogP contribution in [0.5, 0.6) is 0 Å². The molecule has 1 heterocycles. The first-order valence-electron chi connectivity index (χ1n) is 6.76. The molecule has 5 heteroatoms. The lowest BCUT2D eigenvalue weighted by atomic mass is 10.1. The van der Waals surface area contributed by atoms with Gasteiger partial charge in [-0.15, -0.1) is 0 Å². The third-order valence-corrected chi connectivity index (χ3v) is 3.24. The third-order valence-electron chi connectivity index (χ3n) is 3.24. The molecule has 0 radical (unpaired) electrons. The molecule has 2 rings (SSSR count). The average molecular weight is 286 g/mol. The summed E-state index contributed by atoms with van der Waals surface area (Å²) in [6.07, 6.45) is 2.24. The molecule has 0 bridgehead atoms. The van der Waals surface area contributed by atoms with E-state index in [1.165, 1.54) is 13.1 Å². The van der Waals surface area contributed by atoms with Crippen molar-refractivity contribution in [2.24, 2.45) is 0 Å². The minimum Gasteiger partial charge on any atom is -0.392 e. The highest BCUT2D eigenvalue weighted by molar-refractivity contribution is 5.99. The average Bonchev–Trinajstić information content (AvgIpc) is 2.98. The number of aromatic nitrogens is 1. The number of carbonyl (C=O) groups is 2. The fourth-order valence-corrected chi connectivity index (χ4v) is 1.96. The van der Waals surface area contributed by atoms with E-state index in [1.54, 1.807) is 6.07 Å². The Bertz CT molecular complexity index is 629. The SMILES string of the molecule is CC(=O)c1c[nH]c(C(=O)NCCc2ccc(CO)cc2)c1. The number of Topliss-reactive ketones (excluding diaryl/α,β-unsaturated/α-hetero) is 1. The first kappa shape index (κ1) is 15.0. The highest BCUT2D eigenvalue weighted by atomic mass is 16.3. The molecule has 0 atom stereocenters. The van der Waals surface area contributed by atoms with Crippen molar-refractivity contribution in [2.45, 2.75) is 20.0 Å². The fourth-order valence-electron chi connectivity index (χ4n) is 1.96. The standard InChI is InChI=1S/C16H18N2O3/c1-11(20)14-8-15(18-9-14)16(21)17-7-6-12-2-4-13(10-19)5-3-12/h2-5,8-9,18-19H,6-7,10H2,1H3,(H,17,21). The molecule has 0 fully saturated rings. The zero-order valence-electron chi connectivity index (χ0n) is 11.8. The summed E-state index contributed by atoms with van der Waals surface area (Å²) < 4.78 is 0. The summed E-state index contributed by atoms with van der Waals surface area (Å²) in [4.78, 5) is 25.8. The van der Waals surface area contributed by atoms with Gasteiger partial charge in [-0.1, -0.05) is 24.3 Å². The molecular formula is C16H18N2O3. The second kappa shape index (κ2) is 6.85. The highest BCUT2D eigenvalue weighted by Gasteiger charge is 2.09. The molecule has 2 aromatic rings. The summed E-state index contributed by atoms with van der Waals surface area (Å²) >= 11 is 0. The summed E-state index contributed by atoms with van der Waals surface area (Å²) in [7, 11) is 0. The Morgan fingerprint density at radius 2 is 1.86 bits per heavy atom. The Labute approximate surface area is 123 Å². The van der Waals surface area contributed by atoms with E-state index < -0.39 is 0 Å². The van der Waals surface area contributed by atoms with Crippen LogP contribution in [0.4, 0.5) is 0 Å². The monoisotopic (exact) mass is 286 g/mol. The molecule has 0 aliphatic rings. The van der Waals surface area contributed by atoms with Crippen LogP contribution in [0, 0.1) is 0 Å². The molecule has 21 heavy (non-hydrogen) atoms. The zero-order chi connectivity index (χ0) is 15.2. The van der Waals surface area contributed by atoms with Crippen molar-refractivity contribution in [2.75, 3.05) is 6.54 Å². The van der Waals surface area contributed by atoms with Crippen LogP contribution in [-0.2, 0) is 13.0 Å². The van der Waals surface area contributed by atoms with E-state index in [0.717, 1.165) is 11.1 Å². The van der Waals surface area contributed by atoms with Crippen molar-refractivity contribution in [3.05, 3.63) is 58.9 Å². The summed E-state index contributed by atoms with van der Waals surface area (Å²) in [5.74, 6) is -0.302. The van der Waals surface area contributed by atoms with Gasteiger partial charge in [-0.3, -0.25) is 9.59 Å². The zero-order valence-corrected chi connectivity index (χ0v) is 11.8. The first-order valence-corrected chi connectivity index (χ1v) is 6.76. The van der Waals surface area contributed by atoms with Crippen molar-refractivity contribution in [3.63, 3.8) is 0 Å². The van der Waals surface area contributed by atoms with Crippen LogP contribution in [0.1, 0.15) is 38.9 Å². The van der Waals surface area contributed by atoms with Gasteiger partial charge in [0.1, 0.15) is 5.69 Å². The number of hydrogen-bond donors (Lipinski definition) is 3. The van der Waals surface area contributed by atoms with E-state index in [1.807, 2.05) is 24.3 Å². The first-order chi connectivity index (χ1) is 10.1. The minimum atomic E-state index is -0.227. The maximum absolute atomic E-state index is 11.9. The molecule has 3 N–H and O–H groups in total. The summed E-state index contributed by atoms with van der Waals surface area (Å²) in [6.45, 7) is 1.99. The molecule has 1 aromatic carbocycles. The maximum Gasteiger partial charge on any atom is 0.267 e. The van der Waals surface area contributed by atoms with Gasteiger partial charge in [-0.05, 0) is 30.5 Å². The van der Waals surface area contributed by atoms with Gasteiger partial charge in [-0.25, -0.2) is 0 Å². The molecule has 0 saturated heterocycles. The smallest absolute Gasteiger partial charge is 0.267 e. The van der Waals surface area contributed by atoms with Gasteiger partial charge >= 0.3 is 0 Å². The topological polar surface area (TPSA) is 82.2 Å². The van der Waals surface area contributed by atoms with Crippen LogP contribution < -0.4 is 5.32 Å². The molecule has 5 nitrogen and oxygen atoms in total. The molecule has 0 spiro atoms. The van der Waals surface area contributed by atoms with Gasteiger partial charge in [0.05, 0.1) is 6.61 Å². The van der Waals surface area contributed by atoms with Crippen LogP contribution in [0.3, 0.4) is 0 Å². The number of nitrogens with one attached hydrogen (secondary N) is 2. The number of H-pyrrole nitrogens is 1. The van der Waals surface area contributed by atoms with E-state index in [-0.39, 0.29) is 18.3 Å². The third kappa shape index (κ3) is 4.03. The quantitative estimate of drug-likeness (QED) is 0.707. The van der Waals surface area contributed by atoms with E-state index in [0.29, 0.717) is 24.2 Å². The van der Waals surface area contributed by atoms with E-state index in [2.05, 4.69) is 10.3 Å². The van der Waals surface area contributed by atoms with Crippen molar-refractivity contribution in [1.82, 2.24) is 10.3 Å². The Hall–Kier alpha value is -2.40. The number of benzene rings is 1. The summed E-state index contributed by atoms with van der Waals surface area (Å²) in [6, 6.07) is 9.14. The van der Waals surface area contributed by atoms with E-state index in [4.69, 9.17) is 5.11 Å². The summed E-state index contributed by atoms with van der Waals surface area (Å²) in [5.41, 5.74) is 2.84. The van der Waals surface area contributed by atoms with Gasteiger partial charge < -0.3 is 15.4 Å². The maximum atomic E-state index is 11.9. The lowest BCUT2D eigenvalue weighted by molar-refractivity contribution is 0.0949. The Balaban J connectivity index is 1.84. The van der Waals surface area contributed by atoms with Crippen molar-refractivity contribution in [3.8, 4) is 0 Å². The van der Waals surface area contributed by atoms with Crippen molar-refractivity contribution >= 4 is 11.7 Å². The van der Waals surface area contributed by atoms with Gasteiger partial charge in [0.15, 0.2) is 5.78 Å². The highest BCUT2D eigenvalue weighted by Crippen LogP contribution is 2.06. The Morgan fingerprint density at radius 1 is 1.19 bits per heavy atom. The lowest BCUT2D eigenvalue weighted by Gasteiger charge is -2.05. The van der Waals surface area contributed by atoms with E-state index >= 15 is 0 Å². The minimum absolute atomic E-state index is 0.0301. The number of amides is 1. The van der Waals surface area contributed by atoms with Gasteiger partial charge in [0.2, 0.25) is 0 Å². The van der Waals surface area contributed by atoms with Gasteiger partial charge in [0, 0.05) is 18.3 Å². The Morgan fingerprint density at radius 3 is 2.43 bits per heavy atom. The molecule has 0 unspecified atom stereocenters. The summed E-state index contributed by atoms with van der Waals surface area (Å²) in [5, 5.41) is 11.8. The van der Waals surface area contributed by atoms with Gasteiger partial charge in [-0.2, -0.15) is 0 Å². The molecule has 0 aliphatic carbocycles. The Kier molecular flexibility index (Phi) is 4.90. The lowest BCUT2D eigenvalue weighted by Crippen LogP contribution is -2.25. The normalized spacial score (nSPS) is 10.4. The number of ketones is 1. The van der Waals surface area contributed by atoms with Crippen LogP contribution in [-0.4, -0.2) is 28.3 Å². The molecular weight excluding hydrogens is 268 g/mol. The fraction of sp³-hybridized carbons (Fsp3) is 0.250. The number of aromatic amines is 1. The number of aliphatic hydroxyl groups excluding tert-OH is 1. The second-order valence-electron chi connectivity index (χ2n) is 4.84. The molecule has 1 amide bonds. The molecule has 0 saturated carbocycles.